The smallest absolute Gasteiger partial charge is 0.224 e. The monoisotopic (exact) mass is 313 g/mol. The highest BCUT2D eigenvalue weighted by molar-refractivity contribution is 7.91. The minimum absolute atomic E-state index is 0.0495. The van der Waals surface area contributed by atoms with Gasteiger partial charge in [-0.1, -0.05) is 0 Å². The van der Waals surface area contributed by atoms with Gasteiger partial charge in [-0.3, -0.25) is 0 Å². The summed E-state index contributed by atoms with van der Waals surface area (Å²) < 4.78 is 22.9. The van der Waals surface area contributed by atoms with E-state index >= 15 is 0 Å². The van der Waals surface area contributed by atoms with Crippen LogP contribution in [0.2, 0.25) is 0 Å². The number of nitrogens with zero attached hydrogens (tertiary/aromatic N) is 3. The molecule has 0 aliphatic carbocycles. The summed E-state index contributed by atoms with van der Waals surface area (Å²) in [6.45, 7) is 1.81. The highest BCUT2D eigenvalue weighted by Crippen LogP contribution is 2.16. The molecule has 0 saturated carbocycles. The van der Waals surface area contributed by atoms with E-state index in [4.69, 9.17) is 0 Å². The Kier molecular flexibility index (Phi) is 5.35. The maximum atomic E-state index is 11.4. The Hall–Kier alpha value is -1.41. The summed E-state index contributed by atoms with van der Waals surface area (Å²) >= 11 is 0. The van der Waals surface area contributed by atoms with Crippen molar-refractivity contribution >= 4 is 21.6 Å². The molecule has 0 aromatic carbocycles. The maximum absolute atomic E-state index is 11.4. The van der Waals surface area contributed by atoms with Gasteiger partial charge in [0.1, 0.15) is 5.82 Å². The van der Waals surface area contributed by atoms with E-state index in [1.807, 2.05) is 14.1 Å². The van der Waals surface area contributed by atoms with Crippen LogP contribution in [0.4, 0.5) is 11.8 Å². The van der Waals surface area contributed by atoms with E-state index in [0.29, 0.717) is 18.2 Å². The van der Waals surface area contributed by atoms with Gasteiger partial charge in [-0.25, -0.2) is 13.4 Å². The van der Waals surface area contributed by atoms with Gasteiger partial charge < -0.3 is 15.5 Å². The third kappa shape index (κ3) is 5.47. The van der Waals surface area contributed by atoms with Crippen LogP contribution in [-0.4, -0.2) is 68.0 Å². The second-order valence-electron chi connectivity index (χ2n) is 5.59. The Balaban J connectivity index is 1.83. The highest BCUT2D eigenvalue weighted by Gasteiger charge is 2.27. The fourth-order valence-electron chi connectivity index (χ4n) is 2.24. The van der Waals surface area contributed by atoms with Crippen LogP contribution in [0.15, 0.2) is 12.3 Å². The second kappa shape index (κ2) is 7.04. The standard InChI is InChI=1S/C13H23N5O2S/c1-18(2)8-3-6-14-13-15-7-4-12(17-13)16-11-5-9-21(19,20)10-11/h4,7,11H,3,5-6,8-10H2,1-2H3,(H2,14,15,16,17). The first kappa shape index (κ1) is 16.0. The van der Waals surface area contributed by atoms with Crippen LogP contribution in [0, 0.1) is 0 Å². The van der Waals surface area contributed by atoms with E-state index in [1.165, 1.54) is 0 Å². The molecule has 2 rings (SSSR count). The number of hydrogen-bond acceptors (Lipinski definition) is 7. The molecule has 21 heavy (non-hydrogen) atoms. The lowest BCUT2D eigenvalue weighted by atomic mass is 10.2. The molecule has 1 aromatic heterocycles. The van der Waals surface area contributed by atoms with Crippen molar-refractivity contribution in [1.29, 1.82) is 0 Å². The molecule has 1 unspecified atom stereocenters. The Labute approximate surface area is 126 Å². The molecule has 8 heteroatoms. The second-order valence-corrected chi connectivity index (χ2v) is 7.82. The molecule has 1 aliphatic rings. The molecule has 0 radical (unpaired) electrons. The molecule has 1 atom stereocenters. The first-order chi connectivity index (χ1) is 9.94. The molecule has 118 valence electrons. The van der Waals surface area contributed by atoms with Crippen LogP contribution < -0.4 is 10.6 Å². The number of aromatic nitrogens is 2. The predicted octanol–water partition coefficient (Wildman–Crippen LogP) is 0.439. The zero-order valence-corrected chi connectivity index (χ0v) is 13.4. The summed E-state index contributed by atoms with van der Waals surface area (Å²) in [4.78, 5) is 10.7. The van der Waals surface area contributed by atoms with Crippen LogP contribution in [-0.2, 0) is 9.84 Å². The summed E-state index contributed by atoms with van der Waals surface area (Å²) in [5.74, 6) is 1.68. The Morgan fingerprint density at radius 1 is 1.43 bits per heavy atom. The molecule has 1 aliphatic heterocycles. The number of anilines is 2. The SMILES string of the molecule is CN(C)CCCNc1nccc(NC2CCS(=O)(=O)C2)n1. The van der Waals surface area contributed by atoms with E-state index in [2.05, 4.69) is 25.5 Å². The lowest BCUT2D eigenvalue weighted by Crippen LogP contribution is -2.21. The molecule has 0 amide bonds. The van der Waals surface area contributed by atoms with Gasteiger partial charge in [0.2, 0.25) is 5.95 Å². The van der Waals surface area contributed by atoms with Gasteiger partial charge in [0, 0.05) is 18.8 Å². The van der Waals surface area contributed by atoms with Gasteiger partial charge in [0.15, 0.2) is 9.84 Å². The maximum Gasteiger partial charge on any atom is 0.224 e. The summed E-state index contributed by atoms with van der Waals surface area (Å²) in [5.41, 5.74) is 0. The predicted molar refractivity (Wildman–Crippen MR) is 84.4 cm³/mol. The lowest BCUT2D eigenvalue weighted by Gasteiger charge is -2.13. The van der Waals surface area contributed by atoms with Crippen LogP contribution in [0.25, 0.3) is 0 Å². The third-order valence-corrected chi connectivity index (χ3v) is 5.07. The summed E-state index contributed by atoms with van der Waals surface area (Å²) in [7, 11) is 1.20. The van der Waals surface area contributed by atoms with Crippen molar-refractivity contribution in [2.45, 2.75) is 18.9 Å². The van der Waals surface area contributed by atoms with Crippen molar-refractivity contribution in [3.8, 4) is 0 Å². The minimum atomic E-state index is -2.88. The average Bonchev–Trinajstić information content (AvgIpc) is 2.74. The first-order valence-corrected chi connectivity index (χ1v) is 8.95. The number of hydrogen-bond donors (Lipinski definition) is 2. The topological polar surface area (TPSA) is 87.2 Å². The Morgan fingerprint density at radius 2 is 2.24 bits per heavy atom. The Bertz CT molecular complexity index is 561. The van der Waals surface area contributed by atoms with Crippen molar-refractivity contribution in [1.82, 2.24) is 14.9 Å². The minimum Gasteiger partial charge on any atom is -0.366 e. The largest absolute Gasteiger partial charge is 0.366 e. The normalized spacial score (nSPS) is 20.6. The summed E-state index contributed by atoms with van der Waals surface area (Å²) in [5, 5.41) is 6.34. The molecule has 0 bridgehead atoms. The molecule has 1 saturated heterocycles. The molecule has 1 fully saturated rings. The van der Waals surface area contributed by atoms with E-state index < -0.39 is 9.84 Å². The molecule has 7 nitrogen and oxygen atoms in total. The van der Waals surface area contributed by atoms with Crippen molar-refractivity contribution in [3.63, 3.8) is 0 Å². The van der Waals surface area contributed by atoms with Crippen LogP contribution >= 0.6 is 0 Å². The zero-order valence-electron chi connectivity index (χ0n) is 12.5. The van der Waals surface area contributed by atoms with E-state index in [0.717, 1.165) is 19.5 Å². The Morgan fingerprint density at radius 3 is 2.90 bits per heavy atom. The van der Waals surface area contributed by atoms with Crippen molar-refractivity contribution < 1.29 is 8.42 Å². The fourth-order valence-corrected chi connectivity index (χ4v) is 3.91. The van der Waals surface area contributed by atoms with Crippen LogP contribution in [0.3, 0.4) is 0 Å². The molecule has 2 heterocycles. The van der Waals surface area contributed by atoms with Gasteiger partial charge in [-0.2, -0.15) is 4.98 Å². The van der Waals surface area contributed by atoms with Gasteiger partial charge in [-0.05, 0) is 39.5 Å². The van der Waals surface area contributed by atoms with Crippen molar-refractivity contribution in [2.24, 2.45) is 0 Å². The number of sulfone groups is 1. The number of nitrogens with one attached hydrogen (secondary N) is 2. The van der Waals surface area contributed by atoms with Gasteiger partial charge in [0.25, 0.3) is 0 Å². The van der Waals surface area contributed by atoms with Crippen molar-refractivity contribution in [2.75, 3.05) is 49.3 Å². The molecule has 1 aromatic rings. The molecular weight excluding hydrogens is 290 g/mol. The van der Waals surface area contributed by atoms with E-state index in [1.54, 1.807) is 12.3 Å². The number of rotatable bonds is 7. The zero-order chi connectivity index (χ0) is 15.3. The van der Waals surface area contributed by atoms with Gasteiger partial charge in [-0.15, -0.1) is 0 Å². The van der Waals surface area contributed by atoms with E-state index in [9.17, 15) is 8.42 Å². The molecule has 2 N–H and O–H groups in total. The quantitative estimate of drug-likeness (QED) is 0.706. The average molecular weight is 313 g/mol. The first-order valence-electron chi connectivity index (χ1n) is 7.13. The fraction of sp³-hybridized carbons (Fsp3) is 0.692. The summed E-state index contributed by atoms with van der Waals surface area (Å²) in [6, 6.07) is 1.71. The highest BCUT2D eigenvalue weighted by atomic mass is 32.2. The van der Waals surface area contributed by atoms with E-state index in [-0.39, 0.29) is 17.5 Å². The third-order valence-electron chi connectivity index (χ3n) is 3.31. The lowest BCUT2D eigenvalue weighted by molar-refractivity contribution is 0.405. The van der Waals surface area contributed by atoms with Crippen LogP contribution in [0.1, 0.15) is 12.8 Å². The van der Waals surface area contributed by atoms with Gasteiger partial charge >= 0.3 is 0 Å². The molecular formula is C13H23N5O2S. The van der Waals surface area contributed by atoms with Crippen LogP contribution in [0.5, 0.6) is 0 Å². The summed E-state index contributed by atoms with van der Waals surface area (Å²) in [6.07, 6.45) is 3.32. The van der Waals surface area contributed by atoms with Gasteiger partial charge in [0.05, 0.1) is 11.5 Å². The molecule has 0 spiro atoms. The van der Waals surface area contributed by atoms with Crippen molar-refractivity contribution in [3.05, 3.63) is 12.3 Å².